The van der Waals surface area contributed by atoms with Crippen LogP contribution in [0.2, 0.25) is 0 Å². The molecule has 6 heteroatoms. The quantitative estimate of drug-likeness (QED) is 0.837. The highest BCUT2D eigenvalue weighted by atomic mass is 16.2. The predicted molar refractivity (Wildman–Crippen MR) is 98.2 cm³/mol. The Morgan fingerprint density at radius 1 is 1.04 bits per heavy atom. The SMILES string of the molecule is CN1CCN(c2cc(C(=O)N3CCCc4ccccc43)ncn2)CC1. The molecule has 1 amide bonds. The molecule has 1 aromatic heterocycles. The van der Waals surface area contributed by atoms with E-state index in [9.17, 15) is 4.79 Å². The van der Waals surface area contributed by atoms with E-state index >= 15 is 0 Å². The summed E-state index contributed by atoms with van der Waals surface area (Å²) in [6, 6.07) is 9.98. The molecule has 6 nitrogen and oxygen atoms in total. The van der Waals surface area contributed by atoms with Gasteiger partial charge in [-0.05, 0) is 31.5 Å². The fraction of sp³-hybridized carbons (Fsp3) is 0.421. The summed E-state index contributed by atoms with van der Waals surface area (Å²) in [7, 11) is 2.13. The second-order valence-corrected chi connectivity index (χ2v) is 6.74. The molecule has 1 aromatic carbocycles. The number of nitrogens with zero attached hydrogens (tertiary/aromatic N) is 5. The van der Waals surface area contributed by atoms with Gasteiger partial charge in [-0.25, -0.2) is 9.97 Å². The molecule has 0 saturated carbocycles. The van der Waals surface area contributed by atoms with Crippen molar-refractivity contribution in [1.29, 1.82) is 0 Å². The molecule has 0 unspecified atom stereocenters. The molecule has 4 rings (SSSR count). The summed E-state index contributed by atoms with van der Waals surface area (Å²) in [6.07, 6.45) is 3.52. The number of rotatable bonds is 2. The zero-order valence-electron chi connectivity index (χ0n) is 14.6. The zero-order chi connectivity index (χ0) is 17.2. The van der Waals surface area contributed by atoms with Gasteiger partial charge in [-0.1, -0.05) is 18.2 Å². The van der Waals surface area contributed by atoms with Crippen LogP contribution in [0.4, 0.5) is 11.5 Å². The largest absolute Gasteiger partial charge is 0.354 e. The molecular formula is C19H23N5O. The van der Waals surface area contributed by atoms with Gasteiger partial charge in [0, 0.05) is 44.5 Å². The number of hydrogen-bond acceptors (Lipinski definition) is 5. The van der Waals surface area contributed by atoms with Gasteiger partial charge in [0.1, 0.15) is 17.8 Å². The van der Waals surface area contributed by atoms with Crippen LogP contribution in [-0.2, 0) is 6.42 Å². The number of aromatic nitrogens is 2. The smallest absolute Gasteiger partial charge is 0.277 e. The molecule has 130 valence electrons. The van der Waals surface area contributed by atoms with Gasteiger partial charge in [0.15, 0.2) is 0 Å². The van der Waals surface area contributed by atoms with Gasteiger partial charge in [-0.3, -0.25) is 4.79 Å². The maximum Gasteiger partial charge on any atom is 0.277 e. The number of fused-ring (bicyclic) bond motifs is 1. The van der Waals surface area contributed by atoms with Crippen LogP contribution in [0.3, 0.4) is 0 Å². The maximum atomic E-state index is 13.1. The highest BCUT2D eigenvalue weighted by molar-refractivity contribution is 6.05. The van der Waals surface area contributed by atoms with Gasteiger partial charge in [-0.15, -0.1) is 0 Å². The van der Waals surface area contributed by atoms with Gasteiger partial charge in [-0.2, -0.15) is 0 Å². The molecule has 25 heavy (non-hydrogen) atoms. The molecule has 3 heterocycles. The van der Waals surface area contributed by atoms with E-state index < -0.39 is 0 Å². The first-order valence-electron chi connectivity index (χ1n) is 8.88. The van der Waals surface area contributed by atoms with Crippen molar-refractivity contribution in [2.45, 2.75) is 12.8 Å². The Morgan fingerprint density at radius 2 is 1.84 bits per heavy atom. The van der Waals surface area contributed by atoms with E-state index in [4.69, 9.17) is 0 Å². The minimum absolute atomic E-state index is 0.0371. The molecule has 0 radical (unpaired) electrons. The van der Waals surface area contributed by atoms with Crippen LogP contribution in [0.5, 0.6) is 0 Å². The first-order valence-corrected chi connectivity index (χ1v) is 8.88. The van der Waals surface area contributed by atoms with Crippen molar-refractivity contribution in [1.82, 2.24) is 14.9 Å². The lowest BCUT2D eigenvalue weighted by Crippen LogP contribution is -2.45. The molecule has 2 aromatic rings. The fourth-order valence-electron chi connectivity index (χ4n) is 3.56. The summed E-state index contributed by atoms with van der Waals surface area (Å²) in [5, 5.41) is 0. The molecule has 2 aliphatic rings. The molecule has 0 atom stereocenters. The van der Waals surface area contributed by atoms with Gasteiger partial charge in [0.2, 0.25) is 0 Å². The lowest BCUT2D eigenvalue weighted by Gasteiger charge is -2.33. The number of anilines is 2. The van der Waals surface area contributed by atoms with E-state index in [-0.39, 0.29) is 5.91 Å². The number of para-hydroxylation sites is 1. The second-order valence-electron chi connectivity index (χ2n) is 6.74. The minimum Gasteiger partial charge on any atom is -0.354 e. The lowest BCUT2D eigenvalue weighted by molar-refractivity contribution is 0.0980. The van der Waals surface area contributed by atoms with Crippen molar-refractivity contribution in [3.8, 4) is 0 Å². The Hall–Kier alpha value is -2.47. The molecule has 1 fully saturated rings. The average Bonchev–Trinajstić information content (AvgIpc) is 2.68. The van der Waals surface area contributed by atoms with Gasteiger partial charge >= 0.3 is 0 Å². The van der Waals surface area contributed by atoms with Crippen molar-refractivity contribution in [3.63, 3.8) is 0 Å². The van der Waals surface area contributed by atoms with Crippen LogP contribution in [0.25, 0.3) is 0 Å². The second kappa shape index (κ2) is 6.80. The van der Waals surface area contributed by atoms with Crippen molar-refractivity contribution in [2.75, 3.05) is 49.6 Å². The number of aryl methyl sites for hydroxylation is 1. The summed E-state index contributed by atoms with van der Waals surface area (Å²) >= 11 is 0. The molecule has 0 aliphatic carbocycles. The first-order chi connectivity index (χ1) is 12.2. The number of hydrogen-bond donors (Lipinski definition) is 0. The summed E-state index contributed by atoms with van der Waals surface area (Å²) in [6.45, 7) is 4.60. The number of amides is 1. The number of likely N-dealkylation sites (N-methyl/N-ethyl adjacent to an activating group) is 1. The zero-order valence-corrected chi connectivity index (χ0v) is 14.6. The normalized spacial score (nSPS) is 18.1. The summed E-state index contributed by atoms with van der Waals surface area (Å²) < 4.78 is 0. The molecule has 0 spiro atoms. The Bertz CT molecular complexity index is 770. The van der Waals surface area contributed by atoms with E-state index in [2.05, 4.69) is 32.9 Å². The number of carbonyl (C=O) groups is 1. The van der Waals surface area contributed by atoms with Crippen molar-refractivity contribution in [2.24, 2.45) is 0 Å². The van der Waals surface area contributed by atoms with E-state index in [0.717, 1.165) is 57.1 Å². The monoisotopic (exact) mass is 337 g/mol. The summed E-state index contributed by atoms with van der Waals surface area (Å²) in [5.74, 6) is 0.807. The highest BCUT2D eigenvalue weighted by Crippen LogP contribution is 2.28. The first kappa shape index (κ1) is 16.0. The van der Waals surface area contributed by atoms with Crippen LogP contribution < -0.4 is 9.80 Å². The van der Waals surface area contributed by atoms with E-state index in [1.54, 1.807) is 0 Å². The van der Waals surface area contributed by atoms with Gasteiger partial charge in [0.25, 0.3) is 5.91 Å². The highest BCUT2D eigenvalue weighted by Gasteiger charge is 2.25. The Labute approximate surface area is 148 Å². The minimum atomic E-state index is -0.0371. The number of carbonyl (C=O) groups excluding carboxylic acids is 1. The third kappa shape index (κ3) is 3.22. The van der Waals surface area contributed by atoms with E-state index in [0.29, 0.717) is 5.69 Å². The Morgan fingerprint density at radius 3 is 2.68 bits per heavy atom. The third-order valence-electron chi connectivity index (χ3n) is 5.05. The lowest BCUT2D eigenvalue weighted by atomic mass is 10.0. The average molecular weight is 337 g/mol. The number of piperazine rings is 1. The molecule has 1 saturated heterocycles. The van der Waals surface area contributed by atoms with Gasteiger partial charge in [0.05, 0.1) is 0 Å². The molecule has 0 bridgehead atoms. The van der Waals surface area contributed by atoms with Crippen molar-refractivity contribution >= 4 is 17.4 Å². The third-order valence-corrected chi connectivity index (χ3v) is 5.05. The van der Waals surface area contributed by atoms with E-state index in [1.165, 1.54) is 11.9 Å². The topological polar surface area (TPSA) is 52.6 Å². The Balaban J connectivity index is 1.58. The Kier molecular flexibility index (Phi) is 4.36. The molecule has 0 N–H and O–H groups in total. The van der Waals surface area contributed by atoms with E-state index in [1.807, 2.05) is 29.2 Å². The maximum absolute atomic E-state index is 13.1. The van der Waals surface area contributed by atoms with Crippen LogP contribution in [0, 0.1) is 0 Å². The van der Waals surface area contributed by atoms with Crippen molar-refractivity contribution in [3.05, 3.63) is 47.9 Å². The molecule has 2 aliphatic heterocycles. The standard InChI is InChI=1S/C19H23N5O/c1-22-9-11-23(12-10-22)18-13-16(20-14-21-18)19(25)24-8-4-6-15-5-2-3-7-17(15)24/h2-3,5,7,13-14H,4,6,8-12H2,1H3. The van der Waals surface area contributed by atoms with Crippen LogP contribution in [-0.4, -0.2) is 60.5 Å². The fourth-order valence-corrected chi connectivity index (χ4v) is 3.56. The van der Waals surface area contributed by atoms with Crippen LogP contribution in [0.15, 0.2) is 36.7 Å². The van der Waals surface area contributed by atoms with Crippen LogP contribution in [0.1, 0.15) is 22.5 Å². The van der Waals surface area contributed by atoms with Crippen molar-refractivity contribution < 1.29 is 4.79 Å². The van der Waals surface area contributed by atoms with Gasteiger partial charge < -0.3 is 14.7 Å². The molecular weight excluding hydrogens is 314 g/mol. The summed E-state index contributed by atoms with van der Waals surface area (Å²) in [5.41, 5.74) is 2.72. The predicted octanol–water partition coefficient (Wildman–Crippen LogP) is 1.82. The van der Waals surface area contributed by atoms with Crippen LogP contribution >= 0.6 is 0 Å². The number of benzene rings is 1. The summed E-state index contributed by atoms with van der Waals surface area (Å²) in [4.78, 5) is 28.1.